The molecule has 0 radical (unpaired) electrons. The highest BCUT2D eigenvalue weighted by atomic mass is 16.3. The molecule has 0 spiro atoms. The van der Waals surface area contributed by atoms with Crippen molar-refractivity contribution in [3.05, 3.63) is 66.9 Å². The Hall–Kier alpha value is -3.94. The molecule has 2 aromatic carbocycles. The van der Waals surface area contributed by atoms with Gasteiger partial charge in [-0.2, -0.15) is 0 Å². The van der Waals surface area contributed by atoms with Gasteiger partial charge in [-0.15, -0.1) is 0 Å². The van der Waals surface area contributed by atoms with E-state index in [1.54, 1.807) is 4.90 Å². The number of aromatic amines is 1. The maximum absolute atomic E-state index is 12.8. The molecule has 8 heteroatoms. The molecule has 30 heavy (non-hydrogen) atoms. The van der Waals surface area contributed by atoms with Gasteiger partial charge in [-0.1, -0.05) is 12.1 Å². The van der Waals surface area contributed by atoms with Gasteiger partial charge in [0.25, 0.3) is 5.91 Å². The van der Waals surface area contributed by atoms with E-state index in [0.717, 1.165) is 28.8 Å². The molecular formula is C22H19N5O3. The number of benzene rings is 2. The first-order chi connectivity index (χ1) is 14.7. The number of nitrogens with zero attached hydrogens (tertiary/aromatic N) is 3. The van der Waals surface area contributed by atoms with Crippen molar-refractivity contribution in [2.75, 3.05) is 11.9 Å². The third-order valence-electron chi connectivity index (χ3n) is 5.27. The number of anilines is 1. The van der Waals surface area contributed by atoms with Crippen LogP contribution in [0.3, 0.4) is 0 Å². The second-order valence-corrected chi connectivity index (χ2v) is 7.19. The minimum atomic E-state index is -0.530. The van der Waals surface area contributed by atoms with Crippen molar-refractivity contribution in [1.82, 2.24) is 19.9 Å². The molecule has 3 heterocycles. The molecule has 2 amide bonds. The summed E-state index contributed by atoms with van der Waals surface area (Å²) in [5, 5.41) is 2.91. The van der Waals surface area contributed by atoms with Crippen LogP contribution in [-0.2, 0) is 4.79 Å². The lowest BCUT2D eigenvalue weighted by Gasteiger charge is -2.22. The van der Waals surface area contributed by atoms with E-state index in [0.29, 0.717) is 18.7 Å². The van der Waals surface area contributed by atoms with E-state index in [2.05, 4.69) is 20.3 Å². The van der Waals surface area contributed by atoms with Gasteiger partial charge in [0.05, 0.1) is 17.2 Å². The van der Waals surface area contributed by atoms with Crippen molar-refractivity contribution in [3.8, 4) is 11.4 Å². The van der Waals surface area contributed by atoms with Gasteiger partial charge in [-0.3, -0.25) is 9.59 Å². The fourth-order valence-electron chi connectivity index (χ4n) is 3.77. The van der Waals surface area contributed by atoms with Gasteiger partial charge < -0.3 is 19.6 Å². The van der Waals surface area contributed by atoms with E-state index in [4.69, 9.17) is 4.42 Å². The summed E-state index contributed by atoms with van der Waals surface area (Å²) in [7, 11) is 0. The van der Waals surface area contributed by atoms with E-state index < -0.39 is 6.04 Å². The van der Waals surface area contributed by atoms with E-state index in [1.807, 2.05) is 48.5 Å². The molecule has 2 aromatic heterocycles. The number of amides is 2. The molecule has 0 aliphatic carbocycles. The quantitative estimate of drug-likeness (QED) is 0.545. The summed E-state index contributed by atoms with van der Waals surface area (Å²) >= 11 is 0. The Bertz CT molecular complexity index is 1160. The summed E-state index contributed by atoms with van der Waals surface area (Å²) in [5.41, 5.74) is 3.47. The number of aromatic nitrogens is 3. The normalized spacial score (nSPS) is 16.1. The molecule has 1 saturated heterocycles. The average Bonchev–Trinajstić information content (AvgIpc) is 3.54. The Morgan fingerprint density at radius 3 is 2.73 bits per heavy atom. The third kappa shape index (κ3) is 3.32. The summed E-state index contributed by atoms with van der Waals surface area (Å²) in [4.78, 5) is 38.6. The number of oxazole rings is 1. The zero-order chi connectivity index (χ0) is 20.5. The van der Waals surface area contributed by atoms with Gasteiger partial charge >= 0.3 is 0 Å². The number of imidazole rings is 1. The zero-order valence-electron chi connectivity index (χ0n) is 16.0. The summed E-state index contributed by atoms with van der Waals surface area (Å²) < 4.78 is 5.09. The van der Waals surface area contributed by atoms with Crippen LogP contribution >= 0.6 is 0 Å². The molecule has 0 unspecified atom stereocenters. The molecule has 4 aromatic rings. The first-order valence-corrected chi connectivity index (χ1v) is 9.74. The first-order valence-electron chi connectivity index (χ1n) is 9.74. The second kappa shape index (κ2) is 7.47. The van der Waals surface area contributed by atoms with E-state index >= 15 is 0 Å². The van der Waals surface area contributed by atoms with E-state index in [9.17, 15) is 9.59 Å². The van der Waals surface area contributed by atoms with Crippen molar-refractivity contribution < 1.29 is 14.0 Å². The van der Waals surface area contributed by atoms with Gasteiger partial charge in [0.15, 0.2) is 6.39 Å². The fourth-order valence-corrected chi connectivity index (χ4v) is 3.77. The summed E-state index contributed by atoms with van der Waals surface area (Å²) in [5.74, 6) is 0.390. The first kappa shape index (κ1) is 18.1. The van der Waals surface area contributed by atoms with Crippen LogP contribution in [0, 0.1) is 0 Å². The SMILES string of the molecule is O=C(Nc1ccc(-c2nc3ccccc3[nH]2)cc1)[C@@H]1CCCN1C(=O)c1cnco1. The van der Waals surface area contributed by atoms with Crippen molar-refractivity contribution in [1.29, 1.82) is 0 Å². The highest BCUT2D eigenvalue weighted by Gasteiger charge is 2.35. The number of fused-ring (bicyclic) bond motifs is 1. The van der Waals surface area contributed by atoms with Gasteiger partial charge in [0, 0.05) is 17.8 Å². The van der Waals surface area contributed by atoms with Gasteiger partial charge in [0.1, 0.15) is 11.9 Å². The average molecular weight is 401 g/mol. The Kier molecular flexibility index (Phi) is 4.51. The zero-order valence-corrected chi connectivity index (χ0v) is 16.0. The van der Waals surface area contributed by atoms with Crippen LogP contribution in [-0.4, -0.2) is 44.3 Å². The summed E-state index contributed by atoms with van der Waals surface area (Å²) in [6.07, 6.45) is 3.96. The van der Waals surface area contributed by atoms with Crippen molar-refractivity contribution in [2.24, 2.45) is 0 Å². The highest BCUT2D eigenvalue weighted by Crippen LogP contribution is 2.24. The molecule has 2 N–H and O–H groups in total. The van der Waals surface area contributed by atoms with Crippen molar-refractivity contribution in [3.63, 3.8) is 0 Å². The molecule has 5 rings (SSSR count). The lowest BCUT2D eigenvalue weighted by atomic mass is 10.1. The molecule has 1 aliphatic heterocycles. The van der Waals surface area contributed by atoms with E-state index in [-0.39, 0.29) is 17.6 Å². The smallest absolute Gasteiger partial charge is 0.291 e. The summed E-state index contributed by atoms with van der Waals surface area (Å²) in [6, 6.07) is 14.8. The van der Waals surface area contributed by atoms with Crippen LogP contribution in [0.1, 0.15) is 23.4 Å². The molecule has 1 fully saturated rings. The minimum absolute atomic E-state index is 0.143. The third-order valence-corrected chi connectivity index (χ3v) is 5.27. The number of carbonyl (C=O) groups is 2. The standard InChI is InChI=1S/C22H19N5O3/c28-21(18-6-3-11-27(18)22(29)19-12-23-13-30-19)24-15-9-7-14(8-10-15)20-25-16-4-1-2-5-17(16)26-20/h1-2,4-5,7-10,12-13,18H,3,6,11H2,(H,24,28)(H,25,26)/t18-/m0/s1. The number of hydrogen-bond acceptors (Lipinski definition) is 5. The number of H-pyrrole nitrogens is 1. The Balaban J connectivity index is 1.29. The number of rotatable bonds is 4. The molecule has 1 atom stereocenters. The second-order valence-electron chi connectivity index (χ2n) is 7.19. The molecular weight excluding hydrogens is 382 g/mol. The van der Waals surface area contributed by atoms with Crippen LogP contribution in [0.5, 0.6) is 0 Å². The number of nitrogens with one attached hydrogen (secondary N) is 2. The van der Waals surface area contributed by atoms with Gasteiger partial charge in [-0.25, -0.2) is 9.97 Å². The number of para-hydroxylation sites is 2. The Morgan fingerprint density at radius 1 is 1.13 bits per heavy atom. The summed E-state index contributed by atoms with van der Waals surface area (Å²) in [6.45, 7) is 0.516. The molecule has 150 valence electrons. The molecule has 1 aliphatic rings. The van der Waals surface area contributed by atoms with E-state index in [1.165, 1.54) is 12.6 Å². The van der Waals surface area contributed by atoms with Crippen LogP contribution in [0.2, 0.25) is 0 Å². The maximum Gasteiger partial charge on any atom is 0.291 e. The lowest BCUT2D eigenvalue weighted by Crippen LogP contribution is -2.43. The molecule has 8 nitrogen and oxygen atoms in total. The van der Waals surface area contributed by atoms with Gasteiger partial charge in [0.2, 0.25) is 11.7 Å². The van der Waals surface area contributed by atoms with Crippen molar-refractivity contribution in [2.45, 2.75) is 18.9 Å². The highest BCUT2D eigenvalue weighted by molar-refractivity contribution is 6.00. The molecule has 0 bridgehead atoms. The van der Waals surface area contributed by atoms with Crippen LogP contribution < -0.4 is 5.32 Å². The number of carbonyl (C=O) groups excluding carboxylic acids is 2. The van der Waals surface area contributed by atoms with Crippen LogP contribution in [0.15, 0.2) is 65.5 Å². The van der Waals surface area contributed by atoms with Crippen LogP contribution in [0.4, 0.5) is 5.69 Å². The topological polar surface area (TPSA) is 104 Å². The Labute approximate surface area is 171 Å². The van der Waals surface area contributed by atoms with Gasteiger partial charge in [-0.05, 0) is 49.2 Å². The number of hydrogen-bond donors (Lipinski definition) is 2. The Morgan fingerprint density at radius 2 is 1.97 bits per heavy atom. The number of likely N-dealkylation sites (tertiary alicyclic amines) is 1. The predicted molar refractivity (Wildman–Crippen MR) is 111 cm³/mol. The maximum atomic E-state index is 12.8. The van der Waals surface area contributed by atoms with Crippen LogP contribution in [0.25, 0.3) is 22.4 Å². The largest absolute Gasteiger partial charge is 0.438 e. The predicted octanol–water partition coefficient (Wildman–Crippen LogP) is 3.46. The monoisotopic (exact) mass is 401 g/mol. The van der Waals surface area contributed by atoms with Crippen molar-refractivity contribution >= 4 is 28.5 Å². The minimum Gasteiger partial charge on any atom is -0.438 e. The lowest BCUT2D eigenvalue weighted by molar-refractivity contribution is -0.119. The fraction of sp³-hybridized carbons (Fsp3) is 0.182. The molecule has 0 saturated carbocycles.